The van der Waals surface area contributed by atoms with E-state index in [2.05, 4.69) is 15.4 Å². The van der Waals surface area contributed by atoms with Crippen molar-refractivity contribution in [2.75, 3.05) is 0 Å². The quantitative estimate of drug-likeness (QED) is 0.767. The normalized spacial score (nSPS) is 13.5. The molecule has 1 aromatic rings. The first-order chi connectivity index (χ1) is 8.71. The Hall–Kier alpha value is -1.42. The SMILES string of the molecule is O=S(=O)([N-]S(=O)(=O)C(F)(F)F)C(F)(F)F.c1c[nH+][nH]n1. The van der Waals surface area contributed by atoms with E-state index >= 15 is 0 Å². The van der Waals surface area contributed by atoms with Crippen LogP contribution < -0.4 is 5.10 Å². The van der Waals surface area contributed by atoms with E-state index in [9.17, 15) is 43.2 Å². The molecule has 1 heterocycles. The van der Waals surface area contributed by atoms with Crippen LogP contribution in [0, 0.1) is 0 Å². The Morgan fingerprint density at radius 3 is 1.50 bits per heavy atom. The van der Waals surface area contributed by atoms with Crippen LogP contribution >= 0.6 is 0 Å². The molecule has 16 heteroatoms. The zero-order valence-corrected chi connectivity index (χ0v) is 10.4. The number of rotatable bonds is 2. The Bertz CT molecular complexity index is 543. The van der Waals surface area contributed by atoms with Crippen molar-refractivity contribution < 1.29 is 48.3 Å². The Labute approximate surface area is 107 Å². The Morgan fingerprint density at radius 1 is 0.950 bits per heavy atom. The van der Waals surface area contributed by atoms with Crippen LogP contribution in [0.3, 0.4) is 0 Å². The molecule has 0 aliphatic heterocycles. The summed E-state index contributed by atoms with van der Waals surface area (Å²) in [5.74, 6) is 0. The van der Waals surface area contributed by atoms with E-state index in [0.717, 1.165) is 4.13 Å². The van der Waals surface area contributed by atoms with Crippen LogP contribution in [0.2, 0.25) is 0 Å². The van der Waals surface area contributed by atoms with E-state index in [4.69, 9.17) is 0 Å². The number of hydrogen-bond donors (Lipinski definition) is 1. The zero-order chi connectivity index (χ0) is 16.2. The summed E-state index contributed by atoms with van der Waals surface area (Å²) in [6, 6.07) is 0. The maximum atomic E-state index is 11.4. The summed E-state index contributed by atoms with van der Waals surface area (Å²) in [5.41, 5.74) is -12.4. The number of aromatic nitrogens is 3. The molecule has 0 fully saturated rings. The minimum Gasteiger partial charge on any atom is -0.421 e. The number of sulfonamides is 2. The van der Waals surface area contributed by atoms with Crippen molar-refractivity contribution >= 4 is 20.0 Å². The molecular weight excluding hydrogens is 346 g/mol. The van der Waals surface area contributed by atoms with E-state index in [1.165, 1.54) is 0 Å². The first kappa shape index (κ1) is 18.6. The van der Waals surface area contributed by atoms with Crippen molar-refractivity contribution in [3.63, 3.8) is 0 Å². The molecule has 0 bridgehead atoms. The lowest BCUT2D eigenvalue weighted by molar-refractivity contribution is -0.454. The molecule has 0 aliphatic carbocycles. The van der Waals surface area contributed by atoms with Crippen molar-refractivity contribution in [2.45, 2.75) is 11.0 Å². The molecule has 0 saturated heterocycles. The average Bonchev–Trinajstić information content (AvgIpc) is 2.68. The second kappa shape index (κ2) is 5.92. The molecule has 0 aromatic carbocycles. The molecular formula is C4H4F6N4O4S2. The molecule has 0 atom stereocenters. The number of alkyl halides is 6. The van der Waals surface area contributed by atoms with Crippen LogP contribution in [0.5, 0.6) is 0 Å². The summed E-state index contributed by atoms with van der Waals surface area (Å²) >= 11 is 0. The Balaban J connectivity index is 0.000000595. The summed E-state index contributed by atoms with van der Waals surface area (Å²) in [4.78, 5) is 0. The molecule has 1 rings (SSSR count). The van der Waals surface area contributed by atoms with Gasteiger partial charge in [0, 0.05) is 5.10 Å². The van der Waals surface area contributed by atoms with Gasteiger partial charge in [-0.1, -0.05) is 5.21 Å². The lowest BCUT2D eigenvalue weighted by Gasteiger charge is -2.22. The molecule has 0 saturated carbocycles. The van der Waals surface area contributed by atoms with Gasteiger partial charge >= 0.3 is 11.0 Å². The lowest BCUT2D eigenvalue weighted by Crippen LogP contribution is -2.30. The summed E-state index contributed by atoms with van der Waals surface area (Å²) in [5, 5.41) is 8.65. The smallest absolute Gasteiger partial charge is 0.421 e. The predicted molar refractivity (Wildman–Crippen MR) is 48.5 cm³/mol. The highest BCUT2D eigenvalue weighted by molar-refractivity contribution is 8.13. The van der Waals surface area contributed by atoms with E-state index in [1.54, 1.807) is 12.4 Å². The molecule has 20 heavy (non-hydrogen) atoms. The summed E-state index contributed by atoms with van der Waals surface area (Å²) in [6.07, 6.45) is 3.35. The summed E-state index contributed by atoms with van der Waals surface area (Å²) < 4.78 is 109. The van der Waals surface area contributed by atoms with Gasteiger partial charge in [0.25, 0.3) is 0 Å². The topological polar surface area (TPSA) is 125 Å². The number of H-pyrrole nitrogens is 2. The standard InChI is InChI=1S/C2F6NO4S2.C2H3N3/c3-1(4,5)14(10,11)9-15(12,13)2(6,7)8;1-2-4-5-3-1/h;1-2H,(H,3,4,5)/q-1;/p+1. The van der Waals surface area contributed by atoms with Gasteiger partial charge in [-0.15, -0.1) is 0 Å². The fourth-order valence-corrected chi connectivity index (χ4v) is 2.11. The molecule has 0 radical (unpaired) electrons. The largest absolute Gasteiger partial charge is 0.480 e. The first-order valence-electron chi connectivity index (χ1n) is 3.93. The molecule has 0 unspecified atom stereocenters. The van der Waals surface area contributed by atoms with Gasteiger partial charge in [-0.2, -0.15) is 31.4 Å². The monoisotopic (exact) mass is 350 g/mol. The molecule has 0 amide bonds. The number of nitrogens with zero attached hydrogens (tertiary/aromatic N) is 2. The van der Waals surface area contributed by atoms with Crippen LogP contribution in [0.25, 0.3) is 4.13 Å². The average molecular weight is 350 g/mol. The van der Waals surface area contributed by atoms with Crippen molar-refractivity contribution in [2.24, 2.45) is 0 Å². The van der Waals surface area contributed by atoms with Crippen molar-refractivity contribution in [1.82, 2.24) is 10.3 Å². The number of hydrogen-bond acceptors (Lipinski definition) is 5. The predicted octanol–water partition coefficient (Wildman–Crippen LogP) is 0.283. The summed E-state index contributed by atoms with van der Waals surface area (Å²) in [7, 11) is -13.4. The zero-order valence-electron chi connectivity index (χ0n) is 8.77. The van der Waals surface area contributed by atoms with Gasteiger partial charge in [-0.25, -0.2) is 16.8 Å². The van der Waals surface area contributed by atoms with Crippen LogP contribution in [0.15, 0.2) is 12.4 Å². The van der Waals surface area contributed by atoms with E-state index < -0.39 is 31.1 Å². The third-order valence-corrected chi connectivity index (χ3v) is 3.88. The second-order valence-electron chi connectivity index (χ2n) is 2.62. The van der Waals surface area contributed by atoms with E-state index in [0.29, 0.717) is 0 Å². The van der Waals surface area contributed by atoms with Crippen LogP contribution in [-0.4, -0.2) is 38.2 Å². The number of aromatic amines is 2. The fraction of sp³-hybridized carbons (Fsp3) is 0.500. The van der Waals surface area contributed by atoms with Gasteiger partial charge in [0.05, 0.1) is 0 Å². The summed E-state index contributed by atoms with van der Waals surface area (Å²) in [6.45, 7) is 0. The number of halogens is 6. The fourth-order valence-electron chi connectivity index (χ4n) is 0.400. The highest BCUT2D eigenvalue weighted by Gasteiger charge is 2.46. The van der Waals surface area contributed by atoms with Gasteiger partial charge in [0.1, 0.15) is 0 Å². The highest BCUT2D eigenvalue weighted by atomic mass is 32.3. The molecule has 8 nitrogen and oxygen atoms in total. The van der Waals surface area contributed by atoms with Crippen molar-refractivity contribution in [3.05, 3.63) is 16.5 Å². The molecule has 0 spiro atoms. The van der Waals surface area contributed by atoms with Crippen molar-refractivity contribution in [3.8, 4) is 0 Å². The third-order valence-electron chi connectivity index (χ3n) is 1.14. The van der Waals surface area contributed by atoms with Crippen LogP contribution in [-0.2, 0) is 20.0 Å². The number of nitrogens with one attached hydrogen (secondary N) is 2. The molecule has 118 valence electrons. The Morgan fingerprint density at radius 2 is 1.35 bits per heavy atom. The second-order valence-corrected chi connectivity index (χ2v) is 6.04. The van der Waals surface area contributed by atoms with Crippen LogP contribution in [0.1, 0.15) is 0 Å². The van der Waals surface area contributed by atoms with E-state index in [1.807, 2.05) is 0 Å². The first-order valence-corrected chi connectivity index (χ1v) is 6.81. The lowest BCUT2D eigenvalue weighted by atomic mass is 11.0. The van der Waals surface area contributed by atoms with Gasteiger partial charge in [0.15, 0.2) is 26.2 Å². The van der Waals surface area contributed by atoms with Crippen molar-refractivity contribution in [1.29, 1.82) is 0 Å². The van der Waals surface area contributed by atoms with Gasteiger partial charge in [0.2, 0.25) is 6.20 Å². The molecule has 2 N–H and O–H groups in total. The molecule has 0 aliphatic rings. The minimum atomic E-state index is -6.72. The maximum absolute atomic E-state index is 11.4. The van der Waals surface area contributed by atoms with Gasteiger partial charge in [-0.05, 0) is 0 Å². The highest BCUT2D eigenvalue weighted by Crippen LogP contribution is 2.36. The van der Waals surface area contributed by atoms with Crippen LogP contribution in [0.4, 0.5) is 26.3 Å². The Kier molecular flexibility index (Phi) is 5.50. The van der Waals surface area contributed by atoms with Gasteiger partial charge in [-0.3, -0.25) is 0 Å². The third kappa shape index (κ3) is 5.29. The molecule has 1 aromatic heterocycles. The van der Waals surface area contributed by atoms with Gasteiger partial charge < -0.3 is 4.13 Å². The minimum absolute atomic E-state index is 0.778. The van der Waals surface area contributed by atoms with E-state index in [-0.39, 0.29) is 0 Å². The maximum Gasteiger partial charge on any atom is 0.480 e.